The summed E-state index contributed by atoms with van der Waals surface area (Å²) in [5.41, 5.74) is 4.53. The highest BCUT2D eigenvalue weighted by molar-refractivity contribution is 6.33. The highest BCUT2D eigenvalue weighted by atomic mass is 14.7. The van der Waals surface area contributed by atoms with E-state index in [-0.39, 0.29) is 0 Å². The lowest BCUT2D eigenvalue weighted by molar-refractivity contribution is 1.31. The molecule has 0 aliphatic rings. The zero-order chi connectivity index (χ0) is 13.1. The van der Waals surface area contributed by atoms with Crippen LogP contribution in [0.5, 0.6) is 0 Å². The van der Waals surface area contributed by atoms with Gasteiger partial charge in [0.2, 0.25) is 0 Å². The Hall–Kier alpha value is -2.42. The number of benzene rings is 1. The lowest BCUT2D eigenvalue weighted by Crippen LogP contribution is -2.03. The van der Waals surface area contributed by atoms with Crippen molar-refractivity contribution in [3.63, 3.8) is 0 Å². The van der Waals surface area contributed by atoms with Crippen molar-refractivity contribution in [3.8, 4) is 22.5 Å². The van der Waals surface area contributed by atoms with Crippen LogP contribution in [0.3, 0.4) is 0 Å². The minimum absolute atomic E-state index is 0.712. The molecule has 19 heavy (non-hydrogen) atoms. The Bertz CT molecular complexity index is 624. The first kappa shape index (κ1) is 11.7. The highest BCUT2D eigenvalue weighted by Gasteiger charge is 2.04. The van der Waals surface area contributed by atoms with E-state index < -0.39 is 0 Å². The molecule has 2 nitrogen and oxygen atoms in total. The van der Waals surface area contributed by atoms with Crippen LogP contribution < -0.4 is 5.46 Å². The van der Waals surface area contributed by atoms with Crippen LogP contribution in [0.15, 0.2) is 67.0 Å². The zero-order valence-electron chi connectivity index (χ0n) is 10.3. The fourth-order valence-corrected chi connectivity index (χ4v) is 2.01. The van der Waals surface area contributed by atoms with Crippen molar-refractivity contribution in [2.75, 3.05) is 0 Å². The molecule has 0 unspecified atom stereocenters. The van der Waals surface area contributed by atoms with Gasteiger partial charge < -0.3 is 0 Å². The molecule has 0 N–H and O–H groups in total. The summed E-state index contributed by atoms with van der Waals surface area (Å²) in [4.78, 5) is 8.70. The second kappa shape index (κ2) is 5.06. The van der Waals surface area contributed by atoms with Crippen LogP contribution in [0.4, 0.5) is 0 Å². The van der Waals surface area contributed by atoms with Gasteiger partial charge in [-0.05, 0) is 30.3 Å². The van der Waals surface area contributed by atoms with Gasteiger partial charge in [-0.25, -0.2) is 0 Å². The summed E-state index contributed by atoms with van der Waals surface area (Å²) in [6, 6.07) is 17.6. The van der Waals surface area contributed by atoms with E-state index in [2.05, 4.69) is 16.0 Å². The predicted octanol–water partition coefficient (Wildman–Crippen LogP) is 2.60. The molecule has 0 amide bonds. The smallest absolute Gasteiger partial charge is 0.113 e. The Morgan fingerprint density at radius 2 is 1.21 bits per heavy atom. The summed E-state index contributed by atoms with van der Waals surface area (Å²) in [7, 11) is 5.98. The van der Waals surface area contributed by atoms with E-state index in [9.17, 15) is 0 Å². The van der Waals surface area contributed by atoms with Gasteiger partial charge in [-0.1, -0.05) is 29.7 Å². The molecule has 1 aromatic carbocycles. The topological polar surface area (TPSA) is 25.8 Å². The zero-order valence-corrected chi connectivity index (χ0v) is 10.3. The molecule has 0 aliphatic carbocycles. The Labute approximate surface area is 113 Å². The molecule has 2 radical (unpaired) electrons. The van der Waals surface area contributed by atoms with E-state index in [0.29, 0.717) is 5.46 Å². The lowest BCUT2D eigenvalue weighted by Gasteiger charge is -2.07. The van der Waals surface area contributed by atoms with Crippen LogP contribution in [0.2, 0.25) is 0 Å². The molecular formula is C16H11BN2. The van der Waals surface area contributed by atoms with Gasteiger partial charge in [0, 0.05) is 23.5 Å². The van der Waals surface area contributed by atoms with Crippen molar-refractivity contribution in [2.24, 2.45) is 0 Å². The van der Waals surface area contributed by atoms with Gasteiger partial charge in [0.25, 0.3) is 0 Å². The molecule has 2 aromatic heterocycles. The number of nitrogens with zero attached hydrogens (tertiary/aromatic N) is 2. The fraction of sp³-hybridized carbons (Fsp3) is 0. The van der Waals surface area contributed by atoms with Crippen molar-refractivity contribution in [3.05, 3.63) is 67.0 Å². The van der Waals surface area contributed by atoms with Gasteiger partial charge >= 0.3 is 0 Å². The highest BCUT2D eigenvalue weighted by Crippen LogP contribution is 2.22. The summed E-state index contributed by atoms with van der Waals surface area (Å²) < 4.78 is 0. The van der Waals surface area contributed by atoms with Crippen molar-refractivity contribution in [2.45, 2.75) is 0 Å². The van der Waals surface area contributed by atoms with E-state index in [1.165, 1.54) is 0 Å². The SMILES string of the molecule is [B]c1cc(-c2ccccn2)cc(-c2ccccn2)c1. The number of pyridine rings is 2. The van der Waals surface area contributed by atoms with Crippen LogP contribution >= 0.6 is 0 Å². The van der Waals surface area contributed by atoms with Crippen LogP contribution in [0, 0.1) is 0 Å². The molecule has 88 valence electrons. The van der Waals surface area contributed by atoms with Crippen molar-refractivity contribution < 1.29 is 0 Å². The lowest BCUT2D eigenvalue weighted by atomic mass is 9.90. The summed E-state index contributed by atoms with van der Waals surface area (Å²) >= 11 is 0. The van der Waals surface area contributed by atoms with Crippen LogP contribution in [-0.2, 0) is 0 Å². The van der Waals surface area contributed by atoms with Gasteiger partial charge in [-0.3, -0.25) is 9.97 Å². The molecule has 2 heterocycles. The molecule has 0 spiro atoms. The standard InChI is InChI=1S/C16H11BN2/c17-14-10-12(15-5-1-3-7-18-15)9-13(11-14)16-6-2-4-8-19-16/h1-11H. The third-order valence-electron chi connectivity index (χ3n) is 2.88. The molecule has 0 saturated heterocycles. The van der Waals surface area contributed by atoms with E-state index in [1.807, 2.05) is 48.5 Å². The van der Waals surface area contributed by atoms with E-state index in [4.69, 9.17) is 7.85 Å². The molecule has 0 bridgehead atoms. The maximum Gasteiger partial charge on any atom is 0.113 e. The number of aromatic nitrogens is 2. The maximum atomic E-state index is 5.98. The molecule has 3 rings (SSSR count). The first-order valence-electron chi connectivity index (χ1n) is 6.06. The normalized spacial score (nSPS) is 10.3. The molecule has 0 aliphatic heterocycles. The number of hydrogen-bond acceptors (Lipinski definition) is 2. The number of hydrogen-bond donors (Lipinski definition) is 0. The minimum Gasteiger partial charge on any atom is -0.256 e. The Morgan fingerprint density at radius 3 is 1.63 bits per heavy atom. The quantitative estimate of drug-likeness (QED) is 0.645. The van der Waals surface area contributed by atoms with Gasteiger partial charge in [0.05, 0.1) is 11.4 Å². The molecule has 3 heteroatoms. The summed E-state index contributed by atoms with van der Waals surface area (Å²) in [5, 5.41) is 0. The number of rotatable bonds is 2. The first-order valence-corrected chi connectivity index (χ1v) is 6.06. The van der Waals surface area contributed by atoms with Gasteiger partial charge in [0.15, 0.2) is 0 Å². The van der Waals surface area contributed by atoms with E-state index in [0.717, 1.165) is 22.5 Å². The van der Waals surface area contributed by atoms with Gasteiger partial charge in [-0.15, -0.1) is 0 Å². The van der Waals surface area contributed by atoms with E-state index >= 15 is 0 Å². The fourth-order valence-electron chi connectivity index (χ4n) is 2.01. The largest absolute Gasteiger partial charge is 0.256 e. The maximum absolute atomic E-state index is 5.98. The minimum atomic E-state index is 0.712. The molecule has 3 aromatic rings. The second-order valence-electron chi connectivity index (χ2n) is 4.27. The van der Waals surface area contributed by atoms with E-state index in [1.54, 1.807) is 12.4 Å². The first-order chi connectivity index (χ1) is 9.33. The van der Waals surface area contributed by atoms with Crippen molar-refractivity contribution >= 4 is 13.3 Å². The third-order valence-corrected chi connectivity index (χ3v) is 2.88. The molecule has 0 fully saturated rings. The van der Waals surface area contributed by atoms with Gasteiger partial charge in [-0.2, -0.15) is 0 Å². The molecule has 0 atom stereocenters. The monoisotopic (exact) mass is 242 g/mol. The average molecular weight is 242 g/mol. The van der Waals surface area contributed by atoms with Crippen molar-refractivity contribution in [1.82, 2.24) is 9.97 Å². The van der Waals surface area contributed by atoms with Crippen LogP contribution in [-0.4, -0.2) is 17.8 Å². The Kier molecular flexibility index (Phi) is 3.11. The average Bonchev–Trinajstić information content (AvgIpc) is 2.48. The molecule has 0 saturated carbocycles. The second-order valence-corrected chi connectivity index (χ2v) is 4.27. The predicted molar refractivity (Wildman–Crippen MR) is 78.3 cm³/mol. The summed E-state index contributed by atoms with van der Waals surface area (Å²) in [6.45, 7) is 0. The Balaban J connectivity index is 2.12. The third kappa shape index (κ3) is 2.55. The summed E-state index contributed by atoms with van der Waals surface area (Å²) in [6.07, 6.45) is 3.55. The van der Waals surface area contributed by atoms with Crippen LogP contribution in [0.25, 0.3) is 22.5 Å². The van der Waals surface area contributed by atoms with Gasteiger partial charge in [0.1, 0.15) is 7.85 Å². The van der Waals surface area contributed by atoms with Crippen LogP contribution in [0.1, 0.15) is 0 Å². The molecular weight excluding hydrogens is 231 g/mol. The van der Waals surface area contributed by atoms with Crippen molar-refractivity contribution in [1.29, 1.82) is 0 Å². The summed E-state index contributed by atoms with van der Waals surface area (Å²) in [5.74, 6) is 0. The Morgan fingerprint density at radius 1 is 0.684 bits per heavy atom.